The second kappa shape index (κ2) is 13.7. The van der Waals surface area contributed by atoms with Crippen LogP contribution >= 0.6 is 34.5 Å². The molecule has 240 valence electrons. The summed E-state index contributed by atoms with van der Waals surface area (Å²) < 4.78 is 16.2. The fourth-order valence-electron chi connectivity index (χ4n) is 4.46. The van der Waals surface area contributed by atoms with Crippen molar-refractivity contribution in [1.29, 1.82) is 0 Å². The van der Waals surface area contributed by atoms with Crippen LogP contribution < -0.4 is 10.6 Å². The van der Waals surface area contributed by atoms with Crippen molar-refractivity contribution in [1.82, 2.24) is 15.6 Å². The Morgan fingerprint density at radius 2 is 1.84 bits per heavy atom. The Bertz CT molecular complexity index is 1240. The van der Waals surface area contributed by atoms with E-state index in [1.165, 1.54) is 30.6 Å². The zero-order chi connectivity index (χ0) is 32.3. The van der Waals surface area contributed by atoms with Crippen molar-refractivity contribution in [3.8, 4) is 0 Å². The number of thiazole rings is 1. The van der Waals surface area contributed by atoms with Gasteiger partial charge in [-0.2, -0.15) is 0 Å². The molecule has 12 nitrogen and oxygen atoms in total. The molecule has 15 heteroatoms. The molecule has 3 heterocycles. The Kier molecular flexibility index (Phi) is 11.1. The lowest BCUT2D eigenvalue weighted by Gasteiger charge is -2.35. The third kappa shape index (κ3) is 9.26. The highest BCUT2D eigenvalue weighted by Gasteiger charge is 2.47. The Labute approximate surface area is 265 Å². The SMILES string of the molecule is CC(C)[C@@H]1NC(=O)CNC(=O)[C@H]2COC(=N2)[C@H](C(C)(C)O)OC(=O)C(C)(C)[C@H](CCCC(C)(Cl)Cl)OC(=O)c2csc1n2. The van der Waals surface area contributed by atoms with Gasteiger partial charge in [0.05, 0.1) is 18.0 Å². The Morgan fingerprint density at radius 3 is 2.44 bits per heavy atom. The Balaban J connectivity index is 2.03. The molecule has 2 aliphatic heterocycles. The lowest BCUT2D eigenvalue weighted by Crippen LogP contribution is -2.50. The number of carbonyl (C=O) groups is 4. The zero-order valence-corrected chi connectivity index (χ0v) is 27.7. The predicted octanol–water partition coefficient (Wildman–Crippen LogP) is 3.48. The summed E-state index contributed by atoms with van der Waals surface area (Å²) in [6.45, 7) is 10.8. The molecule has 2 aliphatic rings. The van der Waals surface area contributed by atoms with Crippen LogP contribution in [0.2, 0.25) is 0 Å². The summed E-state index contributed by atoms with van der Waals surface area (Å²) in [5.74, 6) is -2.86. The van der Waals surface area contributed by atoms with Gasteiger partial charge in [0.15, 0.2) is 11.7 Å². The minimum absolute atomic E-state index is 0.00856. The molecule has 0 fully saturated rings. The summed E-state index contributed by atoms with van der Waals surface area (Å²) >= 11 is 13.5. The van der Waals surface area contributed by atoms with E-state index < -0.39 is 63.4 Å². The van der Waals surface area contributed by atoms with Crippen LogP contribution in [-0.2, 0) is 28.6 Å². The van der Waals surface area contributed by atoms with E-state index in [1.54, 1.807) is 20.8 Å². The van der Waals surface area contributed by atoms with Gasteiger partial charge in [-0.05, 0) is 59.8 Å². The van der Waals surface area contributed by atoms with Crippen LogP contribution in [-0.4, -0.2) is 81.1 Å². The van der Waals surface area contributed by atoms with Crippen molar-refractivity contribution < 1.29 is 38.5 Å². The van der Waals surface area contributed by atoms with E-state index >= 15 is 0 Å². The Hall–Kier alpha value is -2.48. The maximum atomic E-state index is 13.7. The number of alkyl halides is 2. The number of ether oxygens (including phenoxy) is 3. The molecule has 3 N–H and O–H groups in total. The van der Waals surface area contributed by atoms with Gasteiger partial charge in [0.2, 0.25) is 23.8 Å². The van der Waals surface area contributed by atoms with Crippen LogP contribution in [0.1, 0.15) is 89.3 Å². The summed E-state index contributed by atoms with van der Waals surface area (Å²) in [7, 11) is 0. The topological polar surface area (TPSA) is 166 Å². The minimum Gasteiger partial charge on any atom is -0.475 e. The fraction of sp³-hybridized carbons (Fsp3) is 0.714. The van der Waals surface area contributed by atoms with Crippen molar-refractivity contribution in [2.75, 3.05) is 13.2 Å². The molecule has 4 atom stereocenters. The van der Waals surface area contributed by atoms with Crippen LogP contribution in [0, 0.1) is 11.3 Å². The van der Waals surface area contributed by atoms with Crippen molar-refractivity contribution in [3.05, 3.63) is 16.1 Å². The van der Waals surface area contributed by atoms with E-state index in [2.05, 4.69) is 20.6 Å². The zero-order valence-electron chi connectivity index (χ0n) is 25.4. The molecule has 2 amide bonds. The predicted molar refractivity (Wildman–Crippen MR) is 161 cm³/mol. The van der Waals surface area contributed by atoms with E-state index in [-0.39, 0.29) is 37.1 Å². The van der Waals surface area contributed by atoms with E-state index in [0.717, 1.165) is 0 Å². The number of nitrogens with one attached hydrogen (secondary N) is 2. The highest BCUT2D eigenvalue weighted by Crippen LogP contribution is 2.35. The van der Waals surface area contributed by atoms with E-state index in [1.807, 2.05) is 13.8 Å². The number of carbonyl (C=O) groups excluding carboxylic acids is 4. The van der Waals surface area contributed by atoms with Crippen LogP contribution in [0.3, 0.4) is 0 Å². The molecule has 0 saturated heterocycles. The summed E-state index contributed by atoms with van der Waals surface area (Å²) in [4.78, 5) is 61.3. The maximum absolute atomic E-state index is 13.7. The van der Waals surface area contributed by atoms with E-state index in [9.17, 15) is 24.3 Å². The molecule has 3 rings (SSSR count). The number of hydrogen-bond donors (Lipinski definition) is 3. The van der Waals surface area contributed by atoms with Crippen LogP contribution in [0.5, 0.6) is 0 Å². The standard InChI is InChI=1S/C28H40Cl2N4O8S/c1-14(2)19-23-33-16(13-43-23)24(37)41-17(9-8-10-28(7,29)30)26(3,4)25(38)42-20(27(5,6)39)22-32-15(12-40-22)21(36)31-11-18(35)34-19/h13-15,17,19-20,39H,8-12H2,1-7H3,(H,31,36)(H,34,35)/t15-,17+,19+,20-/m1/s1. The summed E-state index contributed by atoms with van der Waals surface area (Å²) in [5, 5.41) is 18.3. The second-order valence-electron chi connectivity index (χ2n) is 12.4. The molecule has 0 radical (unpaired) electrons. The first kappa shape index (κ1) is 35.0. The number of esters is 2. The largest absolute Gasteiger partial charge is 0.475 e. The molecule has 0 aromatic carbocycles. The van der Waals surface area contributed by atoms with Gasteiger partial charge >= 0.3 is 11.9 Å². The van der Waals surface area contributed by atoms with Gasteiger partial charge in [-0.15, -0.1) is 34.5 Å². The van der Waals surface area contributed by atoms with Crippen LogP contribution in [0.25, 0.3) is 0 Å². The molecule has 0 aliphatic carbocycles. The van der Waals surface area contributed by atoms with Crippen molar-refractivity contribution in [2.45, 2.75) is 102 Å². The number of aliphatic imine (C=N–C) groups is 1. The first-order valence-electron chi connectivity index (χ1n) is 14.0. The molecule has 43 heavy (non-hydrogen) atoms. The lowest BCUT2D eigenvalue weighted by atomic mass is 9.83. The van der Waals surface area contributed by atoms with Gasteiger partial charge in [0.25, 0.3) is 0 Å². The lowest BCUT2D eigenvalue weighted by molar-refractivity contribution is -0.173. The molecular weight excluding hydrogens is 623 g/mol. The van der Waals surface area contributed by atoms with Gasteiger partial charge in [-0.25, -0.2) is 14.8 Å². The second-order valence-corrected chi connectivity index (χ2v) is 15.1. The number of nitrogens with zero attached hydrogens (tertiary/aromatic N) is 2. The van der Waals surface area contributed by atoms with Gasteiger partial charge in [-0.1, -0.05) is 13.8 Å². The van der Waals surface area contributed by atoms with E-state index in [0.29, 0.717) is 17.8 Å². The first-order chi connectivity index (χ1) is 19.8. The Morgan fingerprint density at radius 1 is 1.16 bits per heavy atom. The highest BCUT2D eigenvalue weighted by molar-refractivity contribution is 7.09. The molecular formula is C28H40Cl2N4O8S. The fourth-order valence-corrected chi connectivity index (χ4v) is 5.74. The van der Waals surface area contributed by atoms with E-state index in [4.69, 9.17) is 37.4 Å². The molecule has 0 spiro atoms. The van der Waals surface area contributed by atoms with Gasteiger partial charge in [0.1, 0.15) is 27.7 Å². The number of amides is 2. The third-order valence-electron chi connectivity index (χ3n) is 7.13. The normalized spacial score (nSPS) is 25.8. The monoisotopic (exact) mass is 662 g/mol. The number of aliphatic hydroxyl groups is 1. The van der Waals surface area contributed by atoms with Crippen molar-refractivity contribution in [2.24, 2.45) is 16.3 Å². The number of hydrogen-bond acceptors (Lipinski definition) is 11. The average molecular weight is 664 g/mol. The number of cyclic esters (lactones) is 2. The quantitative estimate of drug-likeness (QED) is 0.305. The maximum Gasteiger partial charge on any atom is 0.358 e. The highest BCUT2D eigenvalue weighted by atomic mass is 35.5. The molecule has 1 aromatic rings. The summed E-state index contributed by atoms with van der Waals surface area (Å²) in [5.41, 5.74) is -3.09. The number of halogens is 2. The summed E-state index contributed by atoms with van der Waals surface area (Å²) in [6, 6.07) is -1.57. The van der Waals surface area contributed by atoms with Crippen LogP contribution in [0.15, 0.2) is 10.4 Å². The van der Waals surface area contributed by atoms with Crippen LogP contribution in [0.4, 0.5) is 0 Å². The smallest absolute Gasteiger partial charge is 0.358 e. The van der Waals surface area contributed by atoms with Gasteiger partial charge < -0.3 is 30.0 Å². The van der Waals surface area contributed by atoms with Crippen molar-refractivity contribution >= 4 is 64.2 Å². The van der Waals surface area contributed by atoms with Gasteiger partial charge in [0, 0.05) is 5.38 Å². The number of aromatic nitrogens is 1. The average Bonchev–Trinajstić information content (AvgIpc) is 3.56. The molecule has 1 aromatic heterocycles. The van der Waals surface area contributed by atoms with Crippen molar-refractivity contribution in [3.63, 3.8) is 0 Å². The van der Waals surface area contributed by atoms with Gasteiger partial charge in [-0.3, -0.25) is 14.4 Å². The number of rotatable bonds is 6. The third-order valence-corrected chi connectivity index (χ3v) is 8.44. The molecule has 0 unspecified atom stereocenters. The first-order valence-corrected chi connectivity index (χ1v) is 15.7. The minimum atomic E-state index is -1.66. The molecule has 4 bridgehead atoms. The number of fused-ring (bicyclic) bond motifs is 3. The molecule has 0 saturated carbocycles. The summed E-state index contributed by atoms with van der Waals surface area (Å²) in [6.07, 6.45) is -1.43.